The van der Waals surface area contributed by atoms with Crippen LogP contribution in [0.2, 0.25) is 0 Å². The summed E-state index contributed by atoms with van der Waals surface area (Å²) in [6, 6.07) is 0.420. The molecule has 2 N–H and O–H groups in total. The Labute approximate surface area is 104 Å². The van der Waals surface area contributed by atoms with E-state index in [1.54, 1.807) is 0 Å². The van der Waals surface area contributed by atoms with Gasteiger partial charge in [-0.25, -0.2) is 0 Å². The molecule has 2 rings (SSSR count). The summed E-state index contributed by atoms with van der Waals surface area (Å²) in [6.45, 7) is 7.74. The molecule has 0 atom stereocenters. The largest absolute Gasteiger partial charge is 0.353 e. The van der Waals surface area contributed by atoms with E-state index < -0.39 is 0 Å². The van der Waals surface area contributed by atoms with E-state index in [0.717, 1.165) is 39.0 Å². The summed E-state index contributed by atoms with van der Waals surface area (Å²) in [7, 11) is 0. The molecule has 0 aromatic heterocycles. The van der Waals surface area contributed by atoms with E-state index in [4.69, 9.17) is 0 Å². The zero-order chi connectivity index (χ0) is 12.1. The summed E-state index contributed by atoms with van der Waals surface area (Å²) < 4.78 is 0. The van der Waals surface area contributed by atoms with Crippen LogP contribution < -0.4 is 10.6 Å². The first-order valence-corrected chi connectivity index (χ1v) is 7.00. The van der Waals surface area contributed by atoms with Crippen LogP contribution in [0.5, 0.6) is 0 Å². The first-order chi connectivity index (χ1) is 8.28. The first kappa shape index (κ1) is 12.8. The first-order valence-electron chi connectivity index (χ1n) is 7.00. The molecule has 98 valence electrons. The second-order valence-electron chi connectivity index (χ2n) is 5.41. The van der Waals surface area contributed by atoms with Crippen LogP contribution in [0, 0.1) is 5.92 Å². The maximum Gasteiger partial charge on any atom is 0.220 e. The molecule has 0 aliphatic carbocycles. The molecule has 0 radical (unpaired) electrons. The molecule has 2 fully saturated rings. The predicted octanol–water partition coefficient (Wildman–Crippen LogP) is 0.587. The third-order valence-electron chi connectivity index (χ3n) is 3.83. The molecular formula is C13H25N3O. The van der Waals surface area contributed by atoms with Gasteiger partial charge in [-0.3, -0.25) is 4.79 Å². The molecule has 1 amide bonds. The van der Waals surface area contributed by atoms with Crippen LogP contribution in [0.4, 0.5) is 0 Å². The Kier molecular flexibility index (Phi) is 4.80. The van der Waals surface area contributed by atoms with Gasteiger partial charge in [-0.1, -0.05) is 6.92 Å². The van der Waals surface area contributed by atoms with Crippen molar-refractivity contribution in [3.05, 3.63) is 0 Å². The van der Waals surface area contributed by atoms with Crippen LogP contribution in [0.15, 0.2) is 0 Å². The van der Waals surface area contributed by atoms with Crippen molar-refractivity contribution in [2.24, 2.45) is 5.92 Å². The average Bonchev–Trinajstić information content (AvgIpc) is 2.27. The number of piperidine rings is 1. The van der Waals surface area contributed by atoms with E-state index in [2.05, 4.69) is 22.5 Å². The Morgan fingerprint density at radius 3 is 2.59 bits per heavy atom. The Morgan fingerprint density at radius 2 is 2.06 bits per heavy atom. The molecule has 0 aromatic carbocycles. The van der Waals surface area contributed by atoms with Crippen molar-refractivity contribution in [2.45, 2.75) is 38.6 Å². The van der Waals surface area contributed by atoms with Crippen molar-refractivity contribution >= 4 is 5.91 Å². The zero-order valence-electron chi connectivity index (χ0n) is 10.9. The van der Waals surface area contributed by atoms with E-state index >= 15 is 0 Å². The highest BCUT2D eigenvalue weighted by Crippen LogP contribution is 2.12. The number of nitrogens with zero attached hydrogens (tertiary/aromatic N) is 1. The topological polar surface area (TPSA) is 44.4 Å². The number of likely N-dealkylation sites (tertiary alicyclic amines) is 1. The Hall–Kier alpha value is -0.610. The van der Waals surface area contributed by atoms with Crippen molar-refractivity contribution in [1.29, 1.82) is 0 Å². The van der Waals surface area contributed by atoms with Crippen LogP contribution in [-0.2, 0) is 4.79 Å². The molecule has 2 aliphatic heterocycles. The minimum Gasteiger partial charge on any atom is -0.353 e. The third kappa shape index (κ3) is 3.96. The van der Waals surface area contributed by atoms with Gasteiger partial charge >= 0.3 is 0 Å². The van der Waals surface area contributed by atoms with Gasteiger partial charge in [0.15, 0.2) is 0 Å². The summed E-state index contributed by atoms with van der Waals surface area (Å²) in [4.78, 5) is 14.3. The maximum absolute atomic E-state index is 11.8. The Balaban J connectivity index is 1.61. The van der Waals surface area contributed by atoms with Gasteiger partial charge in [0, 0.05) is 25.6 Å². The van der Waals surface area contributed by atoms with Crippen molar-refractivity contribution in [3.63, 3.8) is 0 Å². The molecule has 4 heteroatoms. The fraction of sp³-hybridized carbons (Fsp3) is 0.923. The molecule has 0 aromatic rings. The quantitative estimate of drug-likeness (QED) is 0.738. The van der Waals surface area contributed by atoms with Crippen LogP contribution >= 0.6 is 0 Å². The normalized spacial score (nSPS) is 23.4. The van der Waals surface area contributed by atoms with Crippen LogP contribution in [0.1, 0.15) is 32.6 Å². The lowest BCUT2D eigenvalue weighted by Gasteiger charge is -2.33. The summed E-state index contributed by atoms with van der Waals surface area (Å²) in [5, 5.41) is 6.39. The molecule has 2 saturated heterocycles. The lowest BCUT2D eigenvalue weighted by atomic mass is 9.98. The van der Waals surface area contributed by atoms with Gasteiger partial charge in [0.2, 0.25) is 5.91 Å². The van der Waals surface area contributed by atoms with Crippen LogP contribution in [-0.4, -0.2) is 49.6 Å². The molecule has 0 spiro atoms. The van der Waals surface area contributed by atoms with E-state index in [1.165, 1.54) is 13.0 Å². The van der Waals surface area contributed by atoms with Gasteiger partial charge in [0.05, 0.1) is 0 Å². The van der Waals surface area contributed by atoms with Crippen molar-refractivity contribution in [3.8, 4) is 0 Å². The van der Waals surface area contributed by atoms with Crippen molar-refractivity contribution in [2.75, 3.05) is 32.7 Å². The average molecular weight is 239 g/mol. The highest BCUT2D eigenvalue weighted by molar-refractivity contribution is 5.76. The summed E-state index contributed by atoms with van der Waals surface area (Å²) in [5.41, 5.74) is 0. The highest BCUT2D eigenvalue weighted by Gasteiger charge is 2.23. The second kappa shape index (κ2) is 6.36. The molecule has 4 nitrogen and oxygen atoms in total. The molecule has 2 aliphatic rings. The van der Waals surface area contributed by atoms with Gasteiger partial charge in [0.1, 0.15) is 0 Å². The molecule has 2 heterocycles. The van der Waals surface area contributed by atoms with Crippen LogP contribution in [0.3, 0.4) is 0 Å². The number of amides is 1. The molecule has 0 unspecified atom stereocenters. The number of hydrogen-bond acceptors (Lipinski definition) is 3. The number of carbonyl (C=O) groups excluding carboxylic acids is 1. The lowest BCUT2D eigenvalue weighted by Crippen LogP contribution is -2.48. The minimum atomic E-state index is 0.255. The number of hydrogen-bond donors (Lipinski definition) is 2. The smallest absolute Gasteiger partial charge is 0.220 e. The number of carbonyl (C=O) groups is 1. The molecule has 0 saturated carbocycles. The van der Waals surface area contributed by atoms with Crippen molar-refractivity contribution < 1.29 is 4.79 Å². The minimum absolute atomic E-state index is 0.255. The predicted molar refractivity (Wildman–Crippen MR) is 68.9 cm³/mol. The third-order valence-corrected chi connectivity index (χ3v) is 3.83. The summed E-state index contributed by atoms with van der Waals surface area (Å²) in [6.07, 6.45) is 4.18. The van der Waals surface area contributed by atoms with Gasteiger partial charge in [-0.05, 0) is 44.8 Å². The van der Waals surface area contributed by atoms with E-state index in [0.29, 0.717) is 18.4 Å². The zero-order valence-corrected chi connectivity index (χ0v) is 10.9. The summed E-state index contributed by atoms with van der Waals surface area (Å²) >= 11 is 0. The second-order valence-corrected chi connectivity index (χ2v) is 5.41. The standard InChI is InChI=1S/C13H25N3O/c1-2-5-16-6-3-12(4-7-16)15-13(17)8-11-9-14-10-11/h11-12,14H,2-10H2,1H3,(H,15,17). The molecule has 17 heavy (non-hydrogen) atoms. The number of rotatable bonds is 5. The van der Waals surface area contributed by atoms with Gasteiger partial charge in [-0.2, -0.15) is 0 Å². The monoisotopic (exact) mass is 239 g/mol. The molecular weight excluding hydrogens is 214 g/mol. The summed E-state index contributed by atoms with van der Waals surface area (Å²) in [5.74, 6) is 0.834. The lowest BCUT2D eigenvalue weighted by molar-refractivity contribution is -0.123. The fourth-order valence-corrected chi connectivity index (χ4v) is 2.66. The van der Waals surface area contributed by atoms with Gasteiger partial charge in [-0.15, -0.1) is 0 Å². The van der Waals surface area contributed by atoms with E-state index in [1.807, 2.05) is 0 Å². The Morgan fingerprint density at radius 1 is 1.35 bits per heavy atom. The fourth-order valence-electron chi connectivity index (χ4n) is 2.66. The SMILES string of the molecule is CCCN1CCC(NC(=O)CC2CNC2)CC1. The van der Waals surface area contributed by atoms with Gasteiger partial charge < -0.3 is 15.5 Å². The van der Waals surface area contributed by atoms with Crippen LogP contribution in [0.25, 0.3) is 0 Å². The Bertz CT molecular complexity index is 245. The highest BCUT2D eigenvalue weighted by atomic mass is 16.1. The number of nitrogens with one attached hydrogen (secondary N) is 2. The van der Waals surface area contributed by atoms with E-state index in [9.17, 15) is 4.79 Å². The van der Waals surface area contributed by atoms with Crippen molar-refractivity contribution in [1.82, 2.24) is 15.5 Å². The maximum atomic E-state index is 11.8. The van der Waals surface area contributed by atoms with Gasteiger partial charge in [0.25, 0.3) is 0 Å². The van der Waals surface area contributed by atoms with E-state index in [-0.39, 0.29) is 5.91 Å². The molecule has 0 bridgehead atoms.